The molecule has 0 bridgehead atoms. The topological polar surface area (TPSA) is 30.5 Å². The second-order valence-electron chi connectivity index (χ2n) is 4.53. The van der Waals surface area contributed by atoms with Crippen molar-refractivity contribution in [3.63, 3.8) is 0 Å². The van der Waals surface area contributed by atoms with Gasteiger partial charge >= 0.3 is 0 Å². The van der Waals surface area contributed by atoms with Gasteiger partial charge in [0.1, 0.15) is 17.6 Å². The lowest BCUT2D eigenvalue weighted by atomic mass is 9.98. The van der Waals surface area contributed by atoms with Gasteiger partial charge in [-0.25, -0.2) is 0 Å². The monoisotopic (exact) mass is 235 g/mol. The summed E-state index contributed by atoms with van der Waals surface area (Å²) in [6.07, 6.45) is 1.41. The molecule has 3 nitrogen and oxygen atoms in total. The van der Waals surface area contributed by atoms with E-state index in [4.69, 9.17) is 9.47 Å². The summed E-state index contributed by atoms with van der Waals surface area (Å²) in [6.45, 7) is 7.01. The van der Waals surface area contributed by atoms with Gasteiger partial charge in [-0.15, -0.1) is 0 Å². The smallest absolute Gasteiger partial charge is 0.120 e. The number of rotatable bonds is 4. The molecule has 2 unspecified atom stereocenters. The van der Waals surface area contributed by atoms with E-state index in [1.807, 2.05) is 31.2 Å². The Balaban J connectivity index is 1.93. The third kappa shape index (κ3) is 3.37. The van der Waals surface area contributed by atoms with E-state index in [-0.39, 0.29) is 0 Å². The second-order valence-corrected chi connectivity index (χ2v) is 4.53. The molecule has 0 aliphatic carbocycles. The van der Waals surface area contributed by atoms with Gasteiger partial charge < -0.3 is 14.8 Å². The van der Waals surface area contributed by atoms with E-state index in [1.165, 1.54) is 0 Å². The molecule has 1 aliphatic heterocycles. The Morgan fingerprint density at radius 3 is 2.59 bits per heavy atom. The highest BCUT2D eigenvalue weighted by Gasteiger charge is 2.22. The molecule has 3 heteroatoms. The molecular formula is C14H21NO2. The zero-order valence-corrected chi connectivity index (χ0v) is 10.6. The van der Waals surface area contributed by atoms with Crippen molar-refractivity contribution in [3.05, 3.63) is 24.3 Å². The molecule has 2 rings (SSSR count). The van der Waals surface area contributed by atoms with Crippen LogP contribution in [0.25, 0.3) is 0 Å². The Morgan fingerprint density at radius 2 is 1.94 bits per heavy atom. The molecular weight excluding hydrogens is 214 g/mol. The Bertz CT molecular complexity index is 337. The summed E-state index contributed by atoms with van der Waals surface area (Å²) in [7, 11) is 0. The fourth-order valence-corrected chi connectivity index (χ4v) is 2.12. The molecule has 94 valence electrons. The molecule has 0 amide bonds. The maximum atomic E-state index is 6.01. The van der Waals surface area contributed by atoms with Crippen molar-refractivity contribution in [1.29, 1.82) is 0 Å². The van der Waals surface area contributed by atoms with Gasteiger partial charge in [-0.3, -0.25) is 0 Å². The van der Waals surface area contributed by atoms with Crippen LogP contribution >= 0.6 is 0 Å². The van der Waals surface area contributed by atoms with Gasteiger partial charge in [-0.2, -0.15) is 0 Å². The fourth-order valence-electron chi connectivity index (χ4n) is 2.12. The van der Waals surface area contributed by atoms with Crippen LogP contribution < -0.4 is 14.8 Å². The maximum absolute atomic E-state index is 6.01. The highest BCUT2D eigenvalue weighted by Crippen LogP contribution is 2.22. The van der Waals surface area contributed by atoms with E-state index in [0.717, 1.165) is 31.0 Å². The molecule has 2 atom stereocenters. The molecule has 1 aliphatic rings. The van der Waals surface area contributed by atoms with Gasteiger partial charge in [0.25, 0.3) is 0 Å². The second kappa shape index (κ2) is 5.92. The molecule has 0 saturated carbocycles. The summed E-state index contributed by atoms with van der Waals surface area (Å²) < 4.78 is 11.4. The third-order valence-electron chi connectivity index (χ3n) is 3.13. The van der Waals surface area contributed by atoms with Crippen LogP contribution in [0, 0.1) is 5.92 Å². The average Bonchev–Trinajstić information content (AvgIpc) is 2.35. The van der Waals surface area contributed by atoms with Crippen molar-refractivity contribution in [2.75, 3.05) is 19.7 Å². The first kappa shape index (κ1) is 12.2. The molecule has 1 aromatic carbocycles. The molecule has 1 aromatic rings. The highest BCUT2D eigenvalue weighted by molar-refractivity contribution is 5.31. The van der Waals surface area contributed by atoms with E-state index < -0.39 is 0 Å². The van der Waals surface area contributed by atoms with Crippen LogP contribution in [0.5, 0.6) is 11.5 Å². The predicted molar refractivity (Wildman–Crippen MR) is 68.7 cm³/mol. The van der Waals surface area contributed by atoms with E-state index in [0.29, 0.717) is 18.6 Å². The zero-order valence-electron chi connectivity index (χ0n) is 10.6. The minimum absolute atomic E-state index is 0.328. The lowest BCUT2D eigenvalue weighted by molar-refractivity contribution is 0.112. The Hall–Kier alpha value is -1.22. The number of benzene rings is 1. The van der Waals surface area contributed by atoms with Crippen molar-refractivity contribution in [2.24, 2.45) is 5.92 Å². The quantitative estimate of drug-likeness (QED) is 0.869. The lowest BCUT2D eigenvalue weighted by Crippen LogP contribution is -2.41. The first-order chi connectivity index (χ1) is 8.29. The number of ether oxygens (including phenoxy) is 2. The molecule has 1 saturated heterocycles. The third-order valence-corrected chi connectivity index (χ3v) is 3.13. The zero-order chi connectivity index (χ0) is 12.1. The first-order valence-corrected chi connectivity index (χ1v) is 6.40. The van der Waals surface area contributed by atoms with Gasteiger partial charge in [0.2, 0.25) is 0 Å². The molecule has 0 spiro atoms. The minimum atomic E-state index is 0.328. The van der Waals surface area contributed by atoms with Crippen LogP contribution in [-0.2, 0) is 0 Å². The first-order valence-electron chi connectivity index (χ1n) is 6.40. The summed E-state index contributed by atoms with van der Waals surface area (Å²) in [5.41, 5.74) is 0. The highest BCUT2D eigenvalue weighted by atomic mass is 16.5. The maximum Gasteiger partial charge on any atom is 0.120 e. The largest absolute Gasteiger partial charge is 0.494 e. The van der Waals surface area contributed by atoms with E-state index in [9.17, 15) is 0 Å². The van der Waals surface area contributed by atoms with Crippen LogP contribution in [-0.4, -0.2) is 25.8 Å². The van der Waals surface area contributed by atoms with E-state index >= 15 is 0 Å². The lowest BCUT2D eigenvalue weighted by Gasteiger charge is -2.30. The normalized spacial score (nSPS) is 24.4. The number of hydrogen-bond donors (Lipinski definition) is 1. The minimum Gasteiger partial charge on any atom is -0.494 e. The van der Waals surface area contributed by atoms with E-state index in [1.54, 1.807) is 0 Å². The molecule has 1 fully saturated rings. The van der Waals surface area contributed by atoms with E-state index in [2.05, 4.69) is 12.2 Å². The number of nitrogens with one attached hydrogen (secondary N) is 1. The Morgan fingerprint density at radius 1 is 1.24 bits per heavy atom. The van der Waals surface area contributed by atoms with Crippen LogP contribution in [0.3, 0.4) is 0 Å². The van der Waals surface area contributed by atoms with Crippen molar-refractivity contribution in [3.8, 4) is 11.5 Å². The van der Waals surface area contributed by atoms with Gasteiger partial charge in [0.15, 0.2) is 0 Å². The van der Waals surface area contributed by atoms with Gasteiger partial charge in [-0.1, -0.05) is 6.92 Å². The Kier molecular flexibility index (Phi) is 4.26. The standard InChI is InChI=1S/C14H21NO2/c1-3-16-12-4-6-13(7-5-12)17-14-8-9-15-10-11(14)2/h4-7,11,14-15H,3,8-10H2,1-2H3. The molecule has 1 N–H and O–H groups in total. The average molecular weight is 235 g/mol. The summed E-state index contributed by atoms with van der Waals surface area (Å²) >= 11 is 0. The number of hydrogen-bond acceptors (Lipinski definition) is 3. The molecule has 0 aromatic heterocycles. The van der Waals surface area contributed by atoms with Gasteiger partial charge in [-0.05, 0) is 44.2 Å². The summed E-state index contributed by atoms with van der Waals surface area (Å²) in [5.74, 6) is 2.40. The fraction of sp³-hybridized carbons (Fsp3) is 0.571. The van der Waals surface area contributed by atoms with Crippen LogP contribution in [0.15, 0.2) is 24.3 Å². The SMILES string of the molecule is CCOc1ccc(OC2CCNCC2C)cc1. The van der Waals surface area contributed by atoms with Crippen molar-refractivity contribution < 1.29 is 9.47 Å². The Labute approximate surface area is 103 Å². The number of piperidine rings is 1. The molecule has 17 heavy (non-hydrogen) atoms. The molecule has 0 radical (unpaired) electrons. The predicted octanol–water partition coefficient (Wildman–Crippen LogP) is 2.46. The van der Waals surface area contributed by atoms with Crippen molar-refractivity contribution in [2.45, 2.75) is 26.4 Å². The summed E-state index contributed by atoms with van der Waals surface area (Å²) in [4.78, 5) is 0. The summed E-state index contributed by atoms with van der Waals surface area (Å²) in [6, 6.07) is 7.90. The van der Waals surface area contributed by atoms with Crippen LogP contribution in [0.2, 0.25) is 0 Å². The van der Waals surface area contributed by atoms with Crippen molar-refractivity contribution >= 4 is 0 Å². The molecule has 1 heterocycles. The summed E-state index contributed by atoms with van der Waals surface area (Å²) in [5, 5.41) is 3.38. The van der Waals surface area contributed by atoms with Crippen molar-refractivity contribution in [1.82, 2.24) is 5.32 Å². The van der Waals surface area contributed by atoms with Crippen LogP contribution in [0.4, 0.5) is 0 Å². The van der Waals surface area contributed by atoms with Crippen LogP contribution in [0.1, 0.15) is 20.3 Å². The van der Waals surface area contributed by atoms with Gasteiger partial charge in [0.05, 0.1) is 6.61 Å². The van der Waals surface area contributed by atoms with Gasteiger partial charge in [0, 0.05) is 12.5 Å².